The summed E-state index contributed by atoms with van der Waals surface area (Å²) >= 11 is 5.93. The van der Waals surface area contributed by atoms with Gasteiger partial charge in [-0.1, -0.05) is 28.1 Å². The zero-order valence-electron chi connectivity index (χ0n) is 10.7. The fraction of sp³-hybridized carbons (Fsp3) is 0.0769. The van der Waals surface area contributed by atoms with Crippen LogP contribution < -0.4 is 4.72 Å². The number of nitrogens with one attached hydrogen (secondary N) is 1. The third kappa shape index (κ3) is 3.82. The SMILES string of the molecule is O=S(=O)(Nc1ccccc1Br)c1ccc(Br)c(C(F)(F)F)c1. The number of hydrogen-bond donors (Lipinski definition) is 1. The standard InChI is InChI=1S/C13H8Br2F3NO2S/c14-10-6-5-8(7-9(10)13(16,17)18)22(20,21)19-12-4-2-1-3-11(12)15/h1-7,19H. The van der Waals surface area contributed by atoms with Crippen molar-refractivity contribution < 1.29 is 21.6 Å². The van der Waals surface area contributed by atoms with E-state index in [0.717, 1.165) is 12.1 Å². The van der Waals surface area contributed by atoms with Crippen molar-refractivity contribution in [3.05, 3.63) is 57.0 Å². The first-order valence-electron chi connectivity index (χ1n) is 5.75. The van der Waals surface area contributed by atoms with E-state index in [1.807, 2.05) is 0 Å². The second-order valence-electron chi connectivity index (χ2n) is 4.22. The van der Waals surface area contributed by atoms with Crippen LogP contribution in [0.4, 0.5) is 18.9 Å². The van der Waals surface area contributed by atoms with Gasteiger partial charge < -0.3 is 0 Å². The lowest BCUT2D eigenvalue weighted by Crippen LogP contribution is -2.15. The average Bonchev–Trinajstić information content (AvgIpc) is 2.40. The Balaban J connectivity index is 2.45. The number of benzene rings is 2. The molecular weight excluding hydrogens is 451 g/mol. The lowest BCUT2D eigenvalue weighted by Gasteiger charge is -2.13. The summed E-state index contributed by atoms with van der Waals surface area (Å²) in [5.41, 5.74) is -0.818. The highest BCUT2D eigenvalue weighted by molar-refractivity contribution is 9.11. The first-order chi connectivity index (χ1) is 10.1. The Kier molecular flexibility index (Phi) is 4.88. The van der Waals surface area contributed by atoms with Crippen LogP contribution in [-0.2, 0) is 16.2 Å². The van der Waals surface area contributed by atoms with E-state index in [1.165, 1.54) is 6.07 Å². The molecule has 1 N–H and O–H groups in total. The van der Waals surface area contributed by atoms with Gasteiger partial charge in [0, 0.05) is 8.95 Å². The number of anilines is 1. The molecule has 0 aliphatic rings. The molecule has 3 nitrogen and oxygen atoms in total. The maximum Gasteiger partial charge on any atom is 0.417 e. The molecule has 0 aliphatic carbocycles. The highest BCUT2D eigenvalue weighted by atomic mass is 79.9. The minimum Gasteiger partial charge on any atom is -0.278 e. The highest BCUT2D eigenvalue weighted by Gasteiger charge is 2.34. The van der Waals surface area contributed by atoms with Crippen LogP contribution in [0, 0.1) is 0 Å². The van der Waals surface area contributed by atoms with Crippen LogP contribution in [0.1, 0.15) is 5.56 Å². The summed E-state index contributed by atoms with van der Waals surface area (Å²) in [5.74, 6) is 0. The third-order valence-electron chi connectivity index (χ3n) is 2.67. The van der Waals surface area contributed by atoms with Crippen molar-refractivity contribution in [1.82, 2.24) is 0 Å². The van der Waals surface area contributed by atoms with Crippen LogP contribution in [0.3, 0.4) is 0 Å². The molecule has 0 saturated carbocycles. The summed E-state index contributed by atoms with van der Waals surface area (Å²) in [6.07, 6.45) is -4.66. The van der Waals surface area contributed by atoms with E-state index in [-0.39, 0.29) is 10.2 Å². The summed E-state index contributed by atoms with van der Waals surface area (Å²) in [6, 6.07) is 9.12. The number of rotatable bonds is 3. The van der Waals surface area contributed by atoms with E-state index in [4.69, 9.17) is 0 Å². The van der Waals surface area contributed by atoms with Crippen molar-refractivity contribution in [3.63, 3.8) is 0 Å². The molecule has 0 aromatic heterocycles. The molecule has 0 amide bonds. The first kappa shape index (κ1) is 17.3. The Bertz CT molecular complexity index is 807. The minimum atomic E-state index is -4.66. The molecule has 0 spiro atoms. The molecule has 0 radical (unpaired) electrons. The van der Waals surface area contributed by atoms with Gasteiger partial charge in [-0.15, -0.1) is 0 Å². The minimum absolute atomic E-state index is 0.222. The summed E-state index contributed by atoms with van der Waals surface area (Å²) in [6.45, 7) is 0. The van der Waals surface area contributed by atoms with E-state index in [0.29, 0.717) is 10.5 Å². The average molecular weight is 459 g/mol. The van der Waals surface area contributed by atoms with Crippen molar-refractivity contribution in [1.29, 1.82) is 0 Å². The van der Waals surface area contributed by atoms with Gasteiger partial charge >= 0.3 is 6.18 Å². The van der Waals surface area contributed by atoms with Gasteiger partial charge in [0.15, 0.2) is 0 Å². The summed E-state index contributed by atoms with van der Waals surface area (Å²) < 4.78 is 65.5. The maximum atomic E-state index is 12.9. The monoisotopic (exact) mass is 457 g/mol. The molecule has 0 fully saturated rings. The molecular formula is C13H8Br2F3NO2S. The Morgan fingerprint density at radius 3 is 2.18 bits per heavy atom. The summed E-state index contributed by atoms with van der Waals surface area (Å²) in [7, 11) is -4.14. The van der Waals surface area contributed by atoms with Crippen LogP contribution >= 0.6 is 31.9 Å². The van der Waals surface area contributed by atoms with E-state index < -0.39 is 26.7 Å². The predicted octanol–water partition coefficient (Wildman–Crippen LogP) is 5.03. The molecule has 22 heavy (non-hydrogen) atoms. The number of para-hydroxylation sites is 1. The van der Waals surface area contributed by atoms with Gasteiger partial charge in [0.05, 0.1) is 16.1 Å². The quantitative estimate of drug-likeness (QED) is 0.700. The van der Waals surface area contributed by atoms with Crippen LogP contribution in [0.25, 0.3) is 0 Å². The van der Waals surface area contributed by atoms with E-state index in [1.54, 1.807) is 18.2 Å². The topological polar surface area (TPSA) is 46.2 Å². The van der Waals surface area contributed by atoms with Crippen molar-refractivity contribution in [2.45, 2.75) is 11.1 Å². The molecule has 0 unspecified atom stereocenters. The zero-order valence-corrected chi connectivity index (χ0v) is 14.6. The van der Waals surface area contributed by atoms with E-state index in [2.05, 4.69) is 36.6 Å². The Labute approximate surface area is 141 Å². The van der Waals surface area contributed by atoms with Crippen molar-refractivity contribution in [2.75, 3.05) is 4.72 Å². The number of halogens is 5. The molecule has 0 saturated heterocycles. The largest absolute Gasteiger partial charge is 0.417 e. The van der Waals surface area contributed by atoms with E-state index >= 15 is 0 Å². The van der Waals surface area contributed by atoms with Gasteiger partial charge in [0.25, 0.3) is 10.0 Å². The smallest absolute Gasteiger partial charge is 0.278 e. The molecule has 9 heteroatoms. The lowest BCUT2D eigenvalue weighted by atomic mass is 10.2. The van der Waals surface area contributed by atoms with Crippen LogP contribution in [0.2, 0.25) is 0 Å². The van der Waals surface area contributed by atoms with Gasteiger partial charge in [-0.25, -0.2) is 8.42 Å². The predicted molar refractivity (Wildman–Crippen MR) is 84.1 cm³/mol. The summed E-state index contributed by atoms with van der Waals surface area (Å²) in [5, 5.41) is 0. The normalized spacial score (nSPS) is 12.2. The van der Waals surface area contributed by atoms with Gasteiger partial charge in [-0.05, 0) is 46.3 Å². The lowest BCUT2D eigenvalue weighted by molar-refractivity contribution is -0.138. The van der Waals surface area contributed by atoms with Crippen molar-refractivity contribution >= 4 is 47.6 Å². The first-order valence-corrected chi connectivity index (χ1v) is 8.82. The molecule has 0 heterocycles. The van der Waals surface area contributed by atoms with Gasteiger partial charge in [0.2, 0.25) is 0 Å². The Morgan fingerprint density at radius 2 is 1.59 bits per heavy atom. The molecule has 2 rings (SSSR count). The van der Waals surface area contributed by atoms with Gasteiger partial charge in [-0.3, -0.25) is 4.72 Å². The second-order valence-corrected chi connectivity index (χ2v) is 7.62. The number of hydrogen-bond acceptors (Lipinski definition) is 2. The molecule has 2 aromatic carbocycles. The van der Waals surface area contributed by atoms with Crippen LogP contribution in [0.5, 0.6) is 0 Å². The Morgan fingerprint density at radius 1 is 0.955 bits per heavy atom. The van der Waals surface area contributed by atoms with Gasteiger partial charge in [0.1, 0.15) is 0 Å². The summed E-state index contributed by atoms with van der Waals surface area (Å²) in [4.78, 5) is -0.473. The highest BCUT2D eigenvalue weighted by Crippen LogP contribution is 2.36. The van der Waals surface area contributed by atoms with Crippen molar-refractivity contribution in [2.24, 2.45) is 0 Å². The van der Waals surface area contributed by atoms with E-state index in [9.17, 15) is 21.6 Å². The number of alkyl halides is 3. The fourth-order valence-corrected chi connectivity index (χ4v) is 3.73. The molecule has 0 atom stereocenters. The van der Waals surface area contributed by atoms with Crippen LogP contribution in [0.15, 0.2) is 56.3 Å². The number of sulfonamides is 1. The van der Waals surface area contributed by atoms with Gasteiger partial charge in [-0.2, -0.15) is 13.2 Å². The van der Waals surface area contributed by atoms with Crippen molar-refractivity contribution in [3.8, 4) is 0 Å². The second kappa shape index (κ2) is 6.21. The molecule has 0 aliphatic heterocycles. The maximum absolute atomic E-state index is 12.9. The fourth-order valence-electron chi connectivity index (χ4n) is 1.64. The Hall–Kier alpha value is -1.06. The molecule has 2 aromatic rings. The molecule has 118 valence electrons. The van der Waals surface area contributed by atoms with Crippen LogP contribution in [-0.4, -0.2) is 8.42 Å². The zero-order chi connectivity index (χ0) is 16.5. The third-order valence-corrected chi connectivity index (χ3v) is 5.42. The molecule has 0 bridgehead atoms.